The third-order valence-electron chi connectivity index (χ3n) is 4.04. The lowest BCUT2D eigenvalue weighted by atomic mass is 9.79. The Labute approximate surface area is 130 Å². The first-order valence-corrected chi connectivity index (χ1v) is 7.53. The number of benzene rings is 1. The second-order valence-corrected chi connectivity index (χ2v) is 5.38. The fraction of sp³-hybridized carbons (Fsp3) is 0.562. The number of hydrogen-bond acceptors (Lipinski definition) is 5. The minimum atomic E-state index is -0.488. The number of nitrogens with two attached hydrogens (primary N) is 1. The lowest BCUT2D eigenvalue weighted by Gasteiger charge is -2.34. The van der Waals surface area contributed by atoms with Gasteiger partial charge in [-0.1, -0.05) is 0 Å². The zero-order valence-electron chi connectivity index (χ0n) is 13.0. The van der Waals surface area contributed by atoms with Gasteiger partial charge in [-0.25, -0.2) is 0 Å². The molecule has 122 valence electrons. The number of methoxy groups -OCH3 is 1. The third-order valence-corrected chi connectivity index (χ3v) is 4.04. The number of ether oxygens (including phenoxy) is 3. The van der Waals surface area contributed by atoms with Crippen LogP contribution in [-0.4, -0.2) is 45.9 Å². The Balaban J connectivity index is 1.74. The highest BCUT2D eigenvalue weighted by Gasteiger charge is 2.38. The topological polar surface area (TPSA) is 82.8 Å². The summed E-state index contributed by atoms with van der Waals surface area (Å²) in [7, 11) is 1.62. The number of amides is 1. The number of carbonyl (C=O) groups excluding carboxylic acids is 1. The van der Waals surface area contributed by atoms with Gasteiger partial charge in [-0.15, -0.1) is 0 Å². The van der Waals surface area contributed by atoms with Gasteiger partial charge in [0.1, 0.15) is 18.1 Å². The van der Waals surface area contributed by atoms with E-state index in [1.807, 2.05) is 24.3 Å². The van der Waals surface area contributed by atoms with Gasteiger partial charge in [-0.3, -0.25) is 4.79 Å². The van der Waals surface area contributed by atoms with Crippen molar-refractivity contribution in [3.63, 3.8) is 0 Å². The predicted octanol–water partition coefficient (Wildman–Crippen LogP) is 0.946. The molecule has 22 heavy (non-hydrogen) atoms. The molecule has 1 saturated heterocycles. The van der Waals surface area contributed by atoms with Gasteiger partial charge in [0.15, 0.2) is 0 Å². The van der Waals surface area contributed by atoms with E-state index < -0.39 is 5.41 Å². The zero-order chi connectivity index (χ0) is 15.8. The van der Waals surface area contributed by atoms with E-state index in [0.717, 1.165) is 11.5 Å². The number of nitrogens with one attached hydrogen (secondary N) is 1. The van der Waals surface area contributed by atoms with E-state index in [4.69, 9.17) is 19.9 Å². The molecule has 0 aromatic heterocycles. The van der Waals surface area contributed by atoms with Crippen LogP contribution in [0.15, 0.2) is 24.3 Å². The molecule has 1 heterocycles. The van der Waals surface area contributed by atoms with Crippen LogP contribution in [0.2, 0.25) is 0 Å². The third kappa shape index (κ3) is 4.11. The van der Waals surface area contributed by atoms with Crippen molar-refractivity contribution in [2.24, 2.45) is 11.1 Å². The molecule has 1 fully saturated rings. The van der Waals surface area contributed by atoms with Crippen molar-refractivity contribution < 1.29 is 19.0 Å². The number of hydrogen-bond donors (Lipinski definition) is 2. The van der Waals surface area contributed by atoms with Gasteiger partial charge >= 0.3 is 0 Å². The second kappa shape index (κ2) is 8.00. The summed E-state index contributed by atoms with van der Waals surface area (Å²) < 4.78 is 16.0. The number of rotatable bonds is 7. The maximum absolute atomic E-state index is 12.3. The van der Waals surface area contributed by atoms with Crippen LogP contribution >= 0.6 is 0 Å². The van der Waals surface area contributed by atoms with Crippen molar-refractivity contribution >= 4 is 5.91 Å². The molecule has 1 aromatic carbocycles. The highest BCUT2D eigenvalue weighted by atomic mass is 16.5. The van der Waals surface area contributed by atoms with Crippen LogP contribution in [0.4, 0.5) is 0 Å². The molecular formula is C16H24N2O4. The van der Waals surface area contributed by atoms with Gasteiger partial charge in [0.05, 0.1) is 19.1 Å². The van der Waals surface area contributed by atoms with Crippen LogP contribution < -0.4 is 20.5 Å². The first-order chi connectivity index (χ1) is 10.7. The van der Waals surface area contributed by atoms with Crippen molar-refractivity contribution in [3.05, 3.63) is 24.3 Å². The molecule has 1 aliphatic heterocycles. The smallest absolute Gasteiger partial charge is 0.227 e. The standard InChI is InChI=1S/C16H24N2O4/c1-20-13-2-4-14(5-3-13)22-11-8-18-15(19)16(12-17)6-9-21-10-7-16/h2-5H,6-12,17H2,1H3,(H,18,19). The second-order valence-electron chi connectivity index (χ2n) is 5.38. The van der Waals surface area contributed by atoms with Gasteiger partial charge in [0.25, 0.3) is 0 Å². The monoisotopic (exact) mass is 308 g/mol. The molecule has 2 rings (SSSR count). The van der Waals surface area contributed by atoms with E-state index in [1.165, 1.54) is 0 Å². The van der Waals surface area contributed by atoms with E-state index in [1.54, 1.807) is 7.11 Å². The summed E-state index contributed by atoms with van der Waals surface area (Å²) in [5.41, 5.74) is 5.31. The molecule has 6 nitrogen and oxygen atoms in total. The molecule has 1 aliphatic rings. The molecule has 0 atom stereocenters. The SMILES string of the molecule is COc1ccc(OCCNC(=O)C2(CN)CCOCC2)cc1. The van der Waals surface area contributed by atoms with E-state index in [2.05, 4.69) is 5.32 Å². The summed E-state index contributed by atoms with van der Waals surface area (Å²) >= 11 is 0. The van der Waals surface area contributed by atoms with Crippen molar-refractivity contribution in [2.45, 2.75) is 12.8 Å². The quantitative estimate of drug-likeness (QED) is 0.733. The number of carbonyl (C=O) groups is 1. The Morgan fingerprint density at radius 1 is 1.27 bits per heavy atom. The molecule has 0 bridgehead atoms. The summed E-state index contributed by atoms with van der Waals surface area (Å²) in [5, 5.41) is 2.91. The van der Waals surface area contributed by atoms with Crippen LogP contribution in [0.1, 0.15) is 12.8 Å². The summed E-state index contributed by atoms with van der Waals surface area (Å²) in [6.07, 6.45) is 1.35. The Bertz CT molecular complexity index is 470. The highest BCUT2D eigenvalue weighted by molar-refractivity contribution is 5.83. The van der Waals surface area contributed by atoms with Gasteiger partial charge < -0.3 is 25.3 Å². The maximum atomic E-state index is 12.3. The van der Waals surface area contributed by atoms with Gasteiger partial charge in [0.2, 0.25) is 5.91 Å². The van der Waals surface area contributed by atoms with Crippen LogP contribution in [0, 0.1) is 5.41 Å². The van der Waals surface area contributed by atoms with E-state index in [9.17, 15) is 4.79 Å². The predicted molar refractivity (Wildman–Crippen MR) is 83.0 cm³/mol. The molecule has 0 unspecified atom stereocenters. The molecule has 0 saturated carbocycles. The minimum Gasteiger partial charge on any atom is -0.497 e. The molecule has 3 N–H and O–H groups in total. The molecule has 6 heteroatoms. The van der Waals surface area contributed by atoms with E-state index >= 15 is 0 Å². The fourth-order valence-electron chi connectivity index (χ4n) is 2.48. The molecule has 0 aliphatic carbocycles. The van der Waals surface area contributed by atoms with Crippen LogP contribution in [0.5, 0.6) is 11.5 Å². The highest BCUT2D eigenvalue weighted by Crippen LogP contribution is 2.29. The van der Waals surface area contributed by atoms with Crippen molar-refractivity contribution in [3.8, 4) is 11.5 Å². The largest absolute Gasteiger partial charge is 0.497 e. The van der Waals surface area contributed by atoms with Crippen LogP contribution in [0.3, 0.4) is 0 Å². The van der Waals surface area contributed by atoms with Crippen LogP contribution in [0.25, 0.3) is 0 Å². The average molecular weight is 308 g/mol. The zero-order valence-corrected chi connectivity index (χ0v) is 13.0. The molecule has 1 amide bonds. The molecule has 1 aromatic rings. The summed E-state index contributed by atoms with van der Waals surface area (Å²) in [4.78, 5) is 12.3. The van der Waals surface area contributed by atoms with Crippen molar-refractivity contribution in [2.75, 3.05) is 40.0 Å². The Hall–Kier alpha value is -1.79. The van der Waals surface area contributed by atoms with Gasteiger partial charge in [-0.2, -0.15) is 0 Å². The lowest BCUT2D eigenvalue weighted by Crippen LogP contribution is -2.49. The van der Waals surface area contributed by atoms with Crippen molar-refractivity contribution in [1.82, 2.24) is 5.32 Å². The Morgan fingerprint density at radius 2 is 1.91 bits per heavy atom. The normalized spacial score (nSPS) is 16.8. The summed E-state index contributed by atoms with van der Waals surface area (Å²) in [6.45, 7) is 2.39. The maximum Gasteiger partial charge on any atom is 0.227 e. The first kappa shape index (κ1) is 16.6. The Morgan fingerprint density at radius 3 is 2.50 bits per heavy atom. The fourth-order valence-corrected chi connectivity index (χ4v) is 2.48. The van der Waals surface area contributed by atoms with E-state index in [-0.39, 0.29) is 5.91 Å². The van der Waals surface area contributed by atoms with Crippen molar-refractivity contribution in [1.29, 1.82) is 0 Å². The molecule has 0 spiro atoms. The average Bonchev–Trinajstić information content (AvgIpc) is 2.59. The lowest BCUT2D eigenvalue weighted by molar-refractivity contribution is -0.136. The molecule has 0 radical (unpaired) electrons. The van der Waals surface area contributed by atoms with E-state index in [0.29, 0.717) is 45.8 Å². The van der Waals surface area contributed by atoms with Gasteiger partial charge in [0, 0.05) is 19.8 Å². The minimum absolute atomic E-state index is 0.00312. The summed E-state index contributed by atoms with van der Waals surface area (Å²) in [6, 6.07) is 7.33. The summed E-state index contributed by atoms with van der Waals surface area (Å²) in [5.74, 6) is 1.52. The Kier molecular flexibility index (Phi) is 6.03. The van der Waals surface area contributed by atoms with Gasteiger partial charge in [-0.05, 0) is 37.1 Å². The van der Waals surface area contributed by atoms with Crippen LogP contribution in [-0.2, 0) is 9.53 Å². The molecular weight excluding hydrogens is 284 g/mol. The first-order valence-electron chi connectivity index (χ1n) is 7.53.